The van der Waals surface area contributed by atoms with Gasteiger partial charge in [-0.2, -0.15) is 11.8 Å². The number of carbonyl (C=O) groups is 2. The van der Waals surface area contributed by atoms with E-state index in [1.165, 1.54) is 7.11 Å². The number of hydrogen-bond acceptors (Lipinski definition) is 5. The standard InChI is InChI=1S/C11H20N2O3S.ClH/c1-16-11(15)3-2-4-13-10(14)7-9-8-17-6-5-12-9;/h9,12H,2-8H2,1H3,(H,13,14);1H. The second-order valence-corrected chi connectivity index (χ2v) is 5.11. The first-order chi connectivity index (χ1) is 8.22. The predicted octanol–water partition coefficient (Wildman–Crippen LogP) is 0.573. The topological polar surface area (TPSA) is 67.4 Å². The van der Waals surface area contributed by atoms with Crippen LogP contribution in [-0.4, -0.2) is 49.6 Å². The molecule has 0 aromatic heterocycles. The minimum absolute atomic E-state index is 0. The molecule has 0 radical (unpaired) electrons. The maximum Gasteiger partial charge on any atom is 0.305 e. The second-order valence-electron chi connectivity index (χ2n) is 3.96. The minimum Gasteiger partial charge on any atom is -0.469 e. The van der Waals surface area contributed by atoms with Crippen LogP contribution in [0.5, 0.6) is 0 Å². The third-order valence-electron chi connectivity index (χ3n) is 2.54. The van der Waals surface area contributed by atoms with Crippen LogP contribution in [0.2, 0.25) is 0 Å². The van der Waals surface area contributed by atoms with Crippen LogP contribution in [0.25, 0.3) is 0 Å². The molecule has 0 aliphatic carbocycles. The highest BCUT2D eigenvalue weighted by Gasteiger charge is 2.16. The van der Waals surface area contributed by atoms with Gasteiger partial charge in [0.2, 0.25) is 5.91 Å². The quantitative estimate of drug-likeness (QED) is 0.554. The van der Waals surface area contributed by atoms with E-state index in [1.54, 1.807) is 0 Å². The van der Waals surface area contributed by atoms with Crippen molar-refractivity contribution in [1.29, 1.82) is 0 Å². The molecule has 0 saturated carbocycles. The van der Waals surface area contributed by atoms with E-state index in [9.17, 15) is 9.59 Å². The van der Waals surface area contributed by atoms with Crippen LogP contribution in [0.3, 0.4) is 0 Å². The van der Waals surface area contributed by atoms with Crippen molar-refractivity contribution in [3.8, 4) is 0 Å². The average Bonchev–Trinajstić information content (AvgIpc) is 2.35. The molecule has 18 heavy (non-hydrogen) atoms. The number of rotatable bonds is 6. The lowest BCUT2D eigenvalue weighted by molar-refractivity contribution is -0.140. The summed E-state index contributed by atoms with van der Waals surface area (Å²) in [7, 11) is 1.37. The largest absolute Gasteiger partial charge is 0.469 e. The van der Waals surface area contributed by atoms with Crippen LogP contribution in [0.1, 0.15) is 19.3 Å². The summed E-state index contributed by atoms with van der Waals surface area (Å²) < 4.78 is 4.51. The summed E-state index contributed by atoms with van der Waals surface area (Å²) in [5.41, 5.74) is 0. The van der Waals surface area contributed by atoms with E-state index in [0.29, 0.717) is 25.8 Å². The molecule has 1 atom stereocenters. The third kappa shape index (κ3) is 7.79. The maximum absolute atomic E-state index is 11.5. The highest BCUT2D eigenvalue weighted by molar-refractivity contribution is 7.99. The summed E-state index contributed by atoms with van der Waals surface area (Å²) in [6.45, 7) is 1.51. The molecule has 0 aromatic carbocycles. The molecule has 1 rings (SSSR count). The van der Waals surface area contributed by atoms with Crippen LogP contribution >= 0.6 is 24.2 Å². The fraction of sp³-hybridized carbons (Fsp3) is 0.818. The first-order valence-electron chi connectivity index (χ1n) is 5.87. The smallest absolute Gasteiger partial charge is 0.305 e. The van der Waals surface area contributed by atoms with Gasteiger partial charge in [-0.3, -0.25) is 9.59 Å². The summed E-state index contributed by atoms with van der Waals surface area (Å²) in [5.74, 6) is 1.94. The molecule has 2 N–H and O–H groups in total. The van der Waals surface area contributed by atoms with Crippen LogP contribution in [-0.2, 0) is 14.3 Å². The Morgan fingerprint density at radius 2 is 2.28 bits per heavy atom. The van der Waals surface area contributed by atoms with Gasteiger partial charge in [0.25, 0.3) is 0 Å². The summed E-state index contributed by atoms with van der Waals surface area (Å²) in [4.78, 5) is 22.4. The van der Waals surface area contributed by atoms with Crippen LogP contribution < -0.4 is 10.6 Å². The van der Waals surface area contributed by atoms with Gasteiger partial charge in [-0.25, -0.2) is 0 Å². The van der Waals surface area contributed by atoms with Gasteiger partial charge in [0.15, 0.2) is 0 Å². The summed E-state index contributed by atoms with van der Waals surface area (Å²) in [5, 5.41) is 6.13. The van der Waals surface area contributed by atoms with Gasteiger partial charge in [-0.1, -0.05) is 0 Å². The molecule has 0 bridgehead atoms. The van der Waals surface area contributed by atoms with Crippen LogP contribution in [0, 0.1) is 0 Å². The maximum atomic E-state index is 11.5. The van der Waals surface area contributed by atoms with Crippen LogP contribution in [0.4, 0.5) is 0 Å². The number of ether oxygens (including phenoxy) is 1. The third-order valence-corrected chi connectivity index (χ3v) is 3.67. The molecule has 1 aliphatic heterocycles. The molecule has 1 fully saturated rings. The lowest BCUT2D eigenvalue weighted by atomic mass is 10.2. The molecule has 1 aliphatic rings. The molecule has 0 aromatic rings. The van der Waals surface area contributed by atoms with Crippen molar-refractivity contribution in [3.05, 3.63) is 0 Å². The number of amides is 1. The van der Waals surface area contributed by atoms with E-state index in [2.05, 4.69) is 15.4 Å². The number of methoxy groups -OCH3 is 1. The molecule has 1 unspecified atom stereocenters. The Morgan fingerprint density at radius 3 is 2.89 bits per heavy atom. The Bertz CT molecular complexity index is 261. The zero-order valence-corrected chi connectivity index (χ0v) is 12.2. The highest BCUT2D eigenvalue weighted by atomic mass is 35.5. The monoisotopic (exact) mass is 296 g/mol. The predicted molar refractivity (Wildman–Crippen MR) is 75.2 cm³/mol. The molecule has 7 heteroatoms. The number of carbonyl (C=O) groups excluding carboxylic acids is 2. The van der Waals surface area contributed by atoms with Gasteiger partial charge in [-0.05, 0) is 6.42 Å². The molecule has 106 valence electrons. The Labute approximate surface area is 118 Å². The first kappa shape index (κ1) is 17.5. The molecule has 0 spiro atoms. The van der Waals surface area contributed by atoms with Crippen molar-refractivity contribution in [2.24, 2.45) is 0 Å². The number of esters is 1. The van der Waals surface area contributed by atoms with Crippen molar-refractivity contribution < 1.29 is 14.3 Å². The molecule has 5 nitrogen and oxygen atoms in total. The van der Waals surface area contributed by atoms with E-state index >= 15 is 0 Å². The van der Waals surface area contributed by atoms with Crippen LogP contribution in [0.15, 0.2) is 0 Å². The van der Waals surface area contributed by atoms with Gasteiger partial charge in [-0.15, -0.1) is 12.4 Å². The highest BCUT2D eigenvalue weighted by Crippen LogP contribution is 2.09. The van der Waals surface area contributed by atoms with E-state index in [1.807, 2.05) is 11.8 Å². The number of nitrogens with one attached hydrogen (secondary N) is 2. The molecule has 1 heterocycles. The normalized spacial score (nSPS) is 18.6. The lowest BCUT2D eigenvalue weighted by Crippen LogP contribution is -2.41. The van der Waals surface area contributed by atoms with Gasteiger partial charge in [0.05, 0.1) is 7.11 Å². The van der Waals surface area contributed by atoms with Gasteiger partial charge >= 0.3 is 5.97 Å². The number of thioether (sulfide) groups is 1. The van der Waals surface area contributed by atoms with Crippen molar-refractivity contribution in [2.75, 3.05) is 31.7 Å². The van der Waals surface area contributed by atoms with Gasteiger partial charge < -0.3 is 15.4 Å². The molecule has 1 amide bonds. The Balaban J connectivity index is 0.00000289. The zero-order chi connectivity index (χ0) is 12.5. The molecular formula is C11H21ClN2O3S. The zero-order valence-electron chi connectivity index (χ0n) is 10.6. The van der Waals surface area contributed by atoms with E-state index < -0.39 is 0 Å². The lowest BCUT2D eigenvalue weighted by Gasteiger charge is -2.22. The second kappa shape index (κ2) is 10.5. The summed E-state index contributed by atoms with van der Waals surface area (Å²) >= 11 is 1.88. The number of hydrogen-bond donors (Lipinski definition) is 2. The Morgan fingerprint density at radius 1 is 1.50 bits per heavy atom. The van der Waals surface area contributed by atoms with Crippen molar-refractivity contribution in [3.63, 3.8) is 0 Å². The minimum atomic E-state index is -0.232. The average molecular weight is 297 g/mol. The fourth-order valence-corrected chi connectivity index (χ4v) is 2.56. The summed E-state index contributed by atoms with van der Waals surface area (Å²) in [6, 6.07) is 0.286. The Hall–Kier alpha value is -0.460. The van der Waals surface area contributed by atoms with Gasteiger partial charge in [0.1, 0.15) is 0 Å². The fourth-order valence-electron chi connectivity index (χ4n) is 1.61. The van der Waals surface area contributed by atoms with Gasteiger partial charge in [0, 0.05) is 43.5 Å². The van der Waals surface area contributed by atoms with Crippen molar-refractivity contribution in [1.82, 2.24) is 10.6 Å². The van der Waals surface area contributed by atoms with Crippen molar-refractivity contribution >= 4 is 36.0 Å². The Kier molecular flexibility index (Phi) is 10.2. The molecular weight excluding hydrogens is 276 g/mol. The van der Waals surface area contributed by atoms with E-state index in [4.69, 9.17) is 0 Å². The first-order valence-corrected chi connectivity index (χ1v) is 7.02. The van der Waals surface area contributed by atoms with E-state index in [-0.39, 0.29) is 30.3 Å². The summed E-state index contributed by atoms with van der Waals surface area (Å²) in [6.07, 6.45) is 1.50. The van der Waals surface area contributed by atoms with Crippen molar-refractivity contribution in [2.45, 2.75) is 25.3 Å². The molecule has 1 saturated heterocycles. The van der Waals surface area contributed by atoms with E-state index in [0.717, 1.165) is 18.1 Å². The number of halogens is 1. The SMILES string of the molecule is COC(=O)CCCNC(=O)CC1CSCCN1.Cl.